The standard InChI is InChI=1S/C26H25Br2N3O4/c27-19-9-12-21-18(14-19)8-13-22(24(21)28)35-15-23(32)30-31-26(34)17-6-10-20(11-7-17)29-25(33)16-4-2-1-3-5-16/h6-14,16H,1-5,15H2,(H,29,33)(H,30,32)(H,31,34). The van der Waals surface area contributed by atoms with Gasteiger partial charge in [-0.15, -0.1) is 0 Å². The summed E-state index contributed by atoms with van der Waals surface area (Å²) in [6, 6.07) is 16.1. The molecule has 0 saturated heterocycles. The zero-order valence-electron chi connectivity index (χ0n) is 18.9. The summed E-state index contributed by atoms with van der Waals surface area (Å²) in [5.41, 5.74) is 5.72. The van der Waals surface area contributed by atoms with E-state index in [2.05, 4.69) is 48.0 Å². The molecule has 7 nitrogen and oxygen atoms in total. The number of rotatable bonds is 6. The SMILES string of the molecule is O=C(COc1ccc2cc(Br)ccc2c1Br)NNC(=O)c1ccc(NC(=O)C2CCCCC2)cc1. The van der Waals surface area contributed by atoms with E-state index in [-0.39, 0.29) is 18.4 Å². The van der Waals surface area contributed by atoms with Crippen LogP contribution in [0.4, 0.5) is 5.69 Å². The fraction of sp³-hybridized carbons (Fsp3) is 0.269. The van der Waals surface area contributed by atoms with Gasteiger partial charge >= 0.3 is 0 Å². The Balaban J connectivity index is 1.25. The van der Waals surface area contributed by atoms with Gasteiger partial charge in [-0.25, -0.2) is 0 Å². The van der Waals surface area contributed by atoms with Crippen LogP contribution in [0.25, 0.3) is 10.8 Å². The second-order valence-electron chi connectivity index (χ2n) is 8.44. The minimum absolute atomic E-state index is 0.0279. The predicted molar refractivity (Wildman–Crippen MR) is 142 cm³/mol. The van der Waals surface area contributed by atoms with Crippen molar-refractivity contribution in [1.82, 2.24) is 10.9 Å². The molecule has 3 amide bonds. The highest BCUT2D eigenvalue weighted by atomic mass is 79.9. The van der Waals surface area contributed by atoms with Crippen LogP contribution < -0.4 is 20.9 Å². The van der Waals surface area contributed by atoms with E-state index < -0.39 is 11.8 Å². The lowest BCUT2D eigenvalue weighted by Gasteiger charge is -2.20. The summed E-state index contributed by atoms with van der Waals surface area (Å²) in [6.45, 7) is -0.271. The molecule has 1 fully saturated rings. The van der Waals surface area contributed by atoms with Crippen LogP contribution in [0.5, 0.6) is 5.75 Å². The van der Waals surface area contributed by atoms with Gasteiger partial charge in [0, 0.05) is 21.6 Å². The van der Waals surface area contributed by atoms with Crippen LogP contribution in [0, 0.1) is 5.92 Å². The van der Waals surface area contributed by atoms with Crippen LogP contribution in [0.3, 0.4) is 0 Å². The molecule has 0 radical (unpaired) electrons. The second-order valence-corrected chi connectivity index (χ2v) is 10.1. The average molecular weight is 603 g/mol. The third-order valence-electron chi connectivity index (χ3n) is 5.95. The molecule has 35 heavy (non-hydrogen) atoms. The van der Waals surface area contributed by atoms with Crippen molar-refractivity contribution in [2.24, 2.45) is 5.92 Å². The van der Waals surface area contributed by atoms with Crippen molar-refractivity contribution >= 4 is 66.0 Å². The fourth-order valence-corrected chi connectivity index (χ4v) is 5.03. The Kier molecular flexibility index (Phi) is 8.41. The normalized spacial score (nSPS) is 13.8. The minimum Gasteiger partial charge on any atom is -0.483 e. The molecule has 0 spiro atoms. The average Bonchev–Trinajstić information content (AvgIpc) is 2.87. The van der Waals surface area contributed by atoms with Gasteiger partial charge in [0.15, 0.2) is 6.61 Å². The van der Waals surface area contributed by atoms with Crippen molar-refractivity contribution in [2.75, 3.05) is 11.9 Å². The first kappa shape index (κ1) is 25.2. The zero-order chi connectivity index (χ0) is 24.8. The molecule has 4 rings (SSSR count). The first-order valence-corrected chi connectivity index (χ1v) is 13.0. The van der Waals surface area contributed by atoms with Gasteiger partial charge in [0.25, 0.3) is 11.8 Å². The number of halogens is 2. The predicted octanol–water partition coefficient (Wildman–Crippen LogP) is 5.72. The summed E-state index contributed by atoms with van der Waals surface area (Å²) in [7, 11) is 0. The summed E-state index contributed by atoms with van der Waals surface area (Å²) in [6.07, 6.45) is 5.21. The Morgan fingerprint density at radius 3 is 2.37 bits per heavy atom. The molecule has 3 aromatic rings. The van der Waals surface area contributed by atoms with E-state index in [9.17, 15) is 14.4 Å². The molecule has 9 heteroatoms. The number of hydrogen-bond donors (Lipinski definition) is 3. The molecule has 0 aromatic heterocycles. The van der Waals surface area contributed by atoms with Gasteiger partial charge in [-0.05, 0) is 82.0 Å². The van der Waals surface area contributed by atoms with Gasteiger partial charge in [-0.2, -0.15) is 0 Å². The van der Waals surface area contributed by atoms with E-state index >= 15 is 0 Å². The van der Waals surface area contributed by atoms with Gasteiger partial charge < -0.3 is 10.1 Å². The smallest absolute Gasteiger partial charge is 0.276 e. The molecule has 3 N–H and O–H groups in total. The molecule has 0 atom stereocenters. The molecule has 0 heterocycles. The first-order valence-electron chi connectivity index (χ1n) is 11.4. The number of anilines is 1. The Bertz CT molecular complexity index is 1240. The molecule has 0 aliphatic heterocycles. The summed E-state index contributed by atoms with van der Waals surface area (Å²) in [5.74, 6) is -0.368. The summed E-state index contributed by atoms with van der Waals surface area (Å²) < 4.78 is 7.33. The lowest BCUT2D eigenvalue weighted by molar-refractivity contribution is -0.124. The van der Waals surface area contributed by atoms with E-state index in [1.165, 1.54) is 6.42 Å². The second kappa shape index (κ2) is 11.7. The number of hydrogen-bond acceptors (Lipinski definition) is 4. The van der Waals surface area contributed by atoms with E-state index in [1.807, 2.05) is 24.3 Å². The molecule has 0 unspecified atom stereocenters. The number of ether oxygens (including phenoxy) is 1. The van der Waals surface area contributed by atoms with Crippen LogP contribution in [0.15, 0.2) is 63.5 Å². The lowest BCUT2D eigenvalue weighted by atomic mass is 9.88. The quantitative estimate of drug-likeness (QED) is 0.314. The Morgan fingerprint density at radius 1 is 0.886 bits per heavy atom. The number of amides is 3. The van der Waals surface area contributed by atoms with Crippen molar-refractivity contribution in [3.63, 3.8) is 0 Å². The zero-order valence-corrected chi connectivity index (χ0v) is 22.1. The van der Waals surface area contributed by atoms with E-state index in [1.54, 1.807) is 30.3 Å². The largest absolute Gasteiger partial charge is 0.483 e. The van der Waals surface area contributed by atoms with Crippen molar-refractivity contribution < 1.29 is 19.1 Å². The van der Waals surface area contributed by atoms with Crippen molar-refractivity contribution in [3.05, 3.63) is 69.1 Å². The number of carbonyl (C=O) groups excluding carboxylic acids is 3. The van der Waals surface area contributed by atoms with Crippen molar-refractivity contribution in [1.29, 1.82) is 0 Å². The van der Waals surface area contributed by atoms with Crippen molar-refractivity contribution in [2.45, 2.75) is 32.1 Å². The molecule has 1 aliphatic carbocycles. The molecular formula is C26H25Br2N3O4. The number of hydrazine groups is 1. The summed E-state index contributed by atoms with van der Waals surface area (Å²) in [5, 5.41) is 4.89. The lowest BCUT2D eigenvalue weighted by Crippen LogP contribution is -2.43. The van der Waals surface area contributed by atoms with E-state index in [0.29, 0.717) is 17.0 Å². The monoisotopic (exact) mass is 601 g/mol. The number of fused-ring (bicyclic) bond motifs is 1. The molecule has 1 saturated carbocycles. The molecule has 1 aliphatic rings. The first-order chi connectivity index (χ1) is 16.9. The fourth-order valence-electron chi connectivity index (χ4n) is 4.05. The van der Waals surface area contributed by atoms with Crippen LogP contribution in [0.1, 0.15) is 42.5 Å². The van der Waals surface area contributed by atoms with E-state index in [0.717, 1.165) is 45.4 Å². The highest BCUT2D eigenvalue weighted by Crippen LogP contribution is 2.34. The van der Waals surface area contributed by atoms with Crippen LogP contribution >= 0.6 is 31.9 Å². The maximum Gasteiger partial charge on any atom is 0.276 e. The van der Waals surface area contributed by atoms with Gasteiger partial charge in [0.1, 0.15) is 5.75 Å². The molecule has 0 bridgehead atoms. The van der Waals surface area contributed by atoms with Crippen LogP contribution in [-0.2, 0) is 9.59 Å². The van der Waals surface area contributed by atoms with Gasteiger partial charge in [0.05, 0.1) is 4.47 Å². The third-order valence-corrected chi connectivity index (χ3v) is 7.26. The molecular weight excluding hydrogens is 578 g/mol. The highest BCUT2D eigenvalue weighted by Gasteiger charge is 2.21. The summed E-state index contributed by atoms with van der Waals surface area (Å²) >= 11 is 6.97. The van der Waals surface area contributed by atoms with Crippen LogP contribution in [0.2, 0.25) is 0 Å². The van der Waals surface area contributed by atoms with Gasteiger partial charge in [-0.3, -0.25) is 25.2 Å². The van der Waals surface area contributed by atoms with Crippen LogP contribution in [-0.4, -0.2) is 24.3 Å². The Morgan fingerprint density at radius 2 is 1.63 bits per heavy atom. The summed E-state index contributed by atoms with van der Waals surface area (Å²) in [4.78, 5) is 36.9. The number of carbonyl (C=O) groups is 3. The maximum atomic E-state index is 12.4. The van der Waals surface area contributed by atoms with Crippen molar-refractivity contribution in [3.8, 4) is 5.75 Å². The molecule has 3 aromatic carbocycles. The topological polar surface area (TPSA) is 96.5 Å². The number of nitrogens with one attached hydrogen (secondary N) is 3. The molecule has 182 valence electrons. The number of benzene rings is 3. The van der Waals surface area contributed by atoms with Gasteiger partial charge in [-0.1, -0.05) is 47.3 Å². The Labute approximate surface area is 220 Å². The Hall–Kier alpha value is -2.91. The maximum absolute atomic E-state index is 12.4. The van der Waals surface area contributed by atoms with Gasteiger partial charge in [0.2, 0.25) is 5.91 Å². The minimum atomic E-state index is -0.502. The van der Waals surface area contributed by atoms with E-state index in [4.69, 9.17) is 4.74 Å². The third kappa shape index (κ3) is 6.61. The highest BCUT2D eigenvalue weighted by molar-refractivity contribution is 9.11.